The minimum absolute atomic E-state index is 0.242. The van der Waals surface area contributed by atoms with Crippen molar-refractivity contribution in [1.29, 1.82) is 0 Å². The van der Waals surface area contributed by atoms with Crippen molar-refractivity contribution in [3.63, 3.8) is 0 Å². The average Bonchev–Trinajstić information content (AvgIpc) is 2.86. The highest BCUT2D eigenvalue weighted by Crippen LogP contribution is 2.34. The number of amides is 3. The van der Waals surface area contributed by atoms with Gasteiger partial charge in [0, 0.05) is 10.0 Å². The number of hydrogen-bond acceptors (Lipinski definition) is 2. The van der Waals surface area contributed by atoms with Crippen molar-refractivity contribution in [2.75, 3.05) is 0 Å². The third-order valence-electron chi connectivity index (χ3n) is 4.90. The van der Waals surface area contributed by atoms with Crippen molar-refractivity contribution in [3.05, 3.63) is 82.3 Å². The zero-order valence-electron chi connectivity index (χ0n) is 14.2. The number of carbonyl (C=O) groups is 2. The molecule has 1 saturated heterocycles. The van der Waals surface area contributed by atoms with Crippen LogP contribution in [0.25, 0.3) is 10.8 Å². The first kappa shape index (κ1) is 16.8. The number of rotatable bonds is 3. The average molecular weight is 409 g/mol. The predicted octanol–water partition coefficient (Wildman–Crippen LogP) is 4.57. The smallest absolute Gasteiger partial charge is 0.319 e. The van der Waals surface area contributed by atoms with E-state index in [2.05, 4.69) is 21.2 Å². The molecule has 1 aliphatic heterocycles. The highest BCUT2D eigenvalue weighted by molar-refractivity contribution is 9.10. The van der Waals surface area contributed by atoms with Gasteiger partial charge in [-0.15, -0.1) is 0 Å². The van der Waals surface area contributed by atoms with E-state index in [9.17, 15) is 9.59 Å². The molecule has 3 aromatic rings. The second-order valence-corrected chi connectivity index (χ2v) is 7.42. The summed E-state index contributed by atoms with van der Waals surface area (Å²) in [6, 6.07) is 21.0. The van der Waals surface area contributed by atoms with Crippen molar-refractivity contribution in [2.45, 2.75) is 19.0 Å². The van der Waals surface area contributed by atoms with Crippen LogP contribution in [0.2, 0.25) is 0 Å². The summed E-state index contributed by atoms with van der Waals surface area (Å²) in [5.41, 5.74) is 0.614. The van der Waals surface area contributed by atoms with Crippen LogP contribution in [-0.2, 0) is 16.9 Å². The number of nitrogens with one attached hydrogen (secondary N) is 1. The molecule has 1 aliphatic rings. The summed E-state index contributed by atoms with van der Waals surface area (Å²) in [6.45, 7) is 1.99. The molecular formula is C21H17BrN2O2. The molecule has 1 N–H and O–H groups in total. The van der Waals surface area contributed by atoms with E-state index in [1.807, 2.05) is 66.7 Å². The van der Waals surface area contributed by atoms with Gasteiger partial charge in [0.15, 0.2) is 0 Å². The molecule has 26 heavy (non-hydrogen) atoms. The number of hydrogen-bond donors (Lipinski definition) is 1. The van der Waals surface area contributed by atoms with E-state index in [1.165, 1.54) is 4.90 Å². The van der Waals surface area contributed by atoms with Gasteiger partial charge >= 0.3 is 6.03 Å². The molecule has 0 spiro atoms. The Morgan fingerprint density at radius 1 is 0.962 bits per heavy atom. The lowest BCUT2D eigenvalue weighted by molar-refractivity contribution is -0.131. The molecule has 130 valence electrons. The molecule has 4 rings (SSSR count). The van der Waals surface area contributed by atoms with Crippen LogP contribution < -0.4 is 5.32 Å². The molecular weight excluding hydrogens is 392 g/mol. The summed E-state index contributed by atoms with van der Waals surface area (Å²) in [5.74, 6) is -0.248. The SMILES string of the molecule is C[C@@]1(c2ccccc2Br)NC(=O)N(Cc2cccc3ccccc23)C1=O. The Labute approximate surface area is 159 Å². The van der Waals surface area contributed by atoms with Crippen molar-refractivity contribution >= 4 is 38.6 Å². The molecule has 4 nitrogen and oxygen atoms in total. The first-order valence-corrected chi connectivity index (χ1v) is 9.16. The molecule has 5 heteroatoms. The van der Waals surface area contributed by atoms with Crippen LogP contribution in [0.3, 0.4) is 0 Å². The monoisotopic (exact) mass is 408 g/mol. The standard InChI is InChI=1S/C21H17BrN2O2/c1-21(17-11-4-5-12-18(17)22)19(25)24(20(26)23-21)13-15-9-6-8-14-7-2-3-10-16(14)15/h2-12H,13H2,1H3,(H,23,26)/t21-/m0/s1. The third-order valence-corrected chi connectivity index (χ3v) is 5.59. The van der Waals surface area contributed by atoms with Crippen molar-refractivity contribution < 1.29 is 9.59 Å². The van der Waals surface area contributed by atoms with E-state index in [0.29, 0.717) is 0 Å². The van der Waals surface area contributed by atoms with Crippen LogP contribution in [-0.4, -0.2) is 16.8 Å². The topological polar surface area (TPSA) is 49.4 Å². The highest BCUT2D eigenvalue weighted by atomic mass is 79.9. The minimum Gasteiger partial charge on any atom is -0.319 e. The molecule has 1 heterocycles. The number of fused-ring (bicyclic) bond motifs is 1. The Hall–Kier alpha value is -2.66. The molecule has 0 saturated carbocycles. The first-order chi connectivity index (χ1) is 12.5. The van der Waals surface area contributed by atoms with Gasteiger partial charge in [-0.1, -0.05) is 76.6 Å². The Morgan fingerprint density at radius 2 is 1.65 bits per heavy atom. The maximum Gasteiger partial charge on any atom is 0.325 e. The molecule has 0 radical (unpaired) electrons. The Balaban J connectivity index is 1.71. The number of nitrogens with zero attached hydrogens (tertiary/aromatic N) is 1. The number of urea groups is 1. The van der Waals surface area contributed by atoms with Gasteiger partial charge in [-0.2, -0.15) is 0 Å². The van der Waals surface area contributed by atoms with Gasteiger partial charge in [-0.05, 0) is 29.3 Å². The fraction of sp³-hybridized carbons (Fsp3) is 0.143. The lowest BCUT2D eigenvalue weighted by atomic mass is 9.92. The number of carbonyl (C=O) groups excluding carboxylic acids is 2. The van der Waals surface area contributed by atoms with Crippen LogP contribution in [0, 0.1) is 0 Å². The molecule has 1 fully saturated rings. The summed E-state index contributed by atoms with van der Waals surface area (Å²) in [4.78, 5) is 27.0. The summed E-state index contributed by atoms with van der Waals surface area (Å²) < 4.78 is 0.795. The molecule has 0 unspecified atom stereocenters. The van der Waals surface area contributed by atoms with E-state index in [-0.39, 0.29) is 18.5 Å². The van der Waals surface area contributed by atoms with Gasteiger partial charge in [0.25, 0.3) is 5.91 Å². The molecule has 3 aromatic carbocycles. The molecule has 1 atom stereocenters. The molecule has 0 aliphatic carbocycles. The normalized spacial score (nSPS) is 19.8. The Kier molecular flexibility index (Phi) is 4.04. The van der Waals surface area contributed by atoms with E-state index in [1.54, 1.807) is 6.92 Å². The first-order valence-electron chi connectivity index (χ1n) is 8.36. The third kappa shape index (κ3) is 2.59. The van der Waals surface area contributed by atoms with E-state index < -0.39 is 5.54 Å². The maximum atomic E-state index is 13.2. The lowest BCUT2D eigenvalue weighted by Gasteiger charge is -2.23. The van der Waals surface area contributed by atoms with Gasteiger partial charge < -0.3 is 5.32 Å². The summed E-state index contributed by atoms with van der Waals surface area (Å²) >= 11 is 3.49. The van der Waals surface area contributed by atoms with Crippen molar-refractivity contribution in [1.82, 2.24) is 10.2 Å². The van der Waals surface area contributed by atoms with Crippen LogP contribution >= 0.6 is 15.9 Å². The van der Waals surface area contributed by atoms with Crippen LogP contribution in [0.1, 0.15) is 18.1 Å². The van der Waals surface area contributed by atoms with Crippen molar-refractivity contribution in [2.24, 2.45) is 0 Å². The van der Waals surface area contributed by atoms with E-state index in [0.717, 1.165) is 26.4 Å². The molecule has 0 aromatic heterocycles. The fourth-order valence-corrected chi connectivity index (χ4v) is 4.17. The molecule has 0 bridgehead atoms. The maximum absolute atomic E-state index is 13.2. The number of halogens is 1. The second-order valence-electron chi connectivity index (χ2n) is 6.56. The van der Waals surface area contributed by atoms with Gasteiger partial charge in [0.1, 0.15) is 5.54 Å². The second kappa shape index (κ2) is 6.25. The summed E-state index contributed by atoms with van der Waals surface area (Å²) in [7, 11) is 0. The van der Waals surface area contributed by atoms with Crippen molar-refractivity contribution in [3.8, 4) is 0 Å². The highest BCUT2D eigenvalue weighted by Gasteiger charge is 2.49. The summed E-state index contributed by atoms with van der Waals surface area (Å²) in [5, 5.41) is 5.00. The largest absolute Gasteiger partial charge is 0.325 e. The van der Waals surface area contributed by atoms with Gasteiger partial charge in [0.2, 0.25) is 0 Å². The van der Waals surface area contributed by atoms with Gasteiger partial charge in [0.05, 0.1) is 6.54 Å². The summed E-state index contributed by atoms with van der Waals surface area (Å²) in [6.07, 6.45) is 0. The Bertz CT molecular complexity index is 1030. The number of imide groups is 1. The minimum atomic E-state index is -1.08. The Morgan fingerprint density at radius 3 is 2.46 bits per heavy atom. The molecule has 3 amide bonds. The fourth-order valence-electron chi connectivity index (χ4n) is 3.49. The van der Waals surface area contributed by atoms with E-state index in [4.69, 9.17) is 0 Å². The van der Waals surface area contributed by atoms with E-state index >= 15 is 0 Å². The number of benzene rings is 3. The van der Waals surface area contributed by atoms with Gasteiger partial charge in [-0.3, -0.25) is 9.69 Å². The zero-order chi connectivity index (χ0) is 18.3. The quantitative estimate of drug-likeness (QED) is 0.645. The van der Waals surface area contributed by atoms with Crippen LogP contribution in [0.4, 0.5) is 4.79 Å². The van der Waals surface area contributed by atoms with Crippen LogP contribution in [0.5, 0.6) is 0 Å². The zero-order valence-corrected chi connectivity index (χ0v) is 15.8. The predicted molar refractivity (Wildman–Crippen MR) is 105 cm³/mol. The lowest BCUT2D eigenvalue weighted by Crippen LogP contribution is -2.41. The van der Waals surface area contributed by atoms with Gasteiger partial charge in [-0.25, -0.2) is 4.79 Å². The van der Waals surface area contributed by atoms with Crippen LogP contribution in [0.15, 0.2) is 71.2 Å².